The van der Waals surface area contributed by atoms with Gasteiger partial charge >= 0.3 is 5.97 Å². The number of anilines is 1. The van der Waals surface area contributed by atoms with E-state index in [0.29, 0.717) is 5.69 Å². The normalized spacial score (nSPS) is 10.2. The van der Waals surface area contributed by atoms with E-state index in [1.165, 1.54) is 19.2 Å². The van der Waals surface area contributed by atoms with Gasteiger partial charge in [-0.15, -0.1) is 0 Å². The maximum absolute atomic E-state index is 12.2. The van der Waals surface area contributed by atoms with E-state index >= 15 is 0 Å². The van der Waals surface area contributed by atoms with Crippen molar-refractivity contribution in [2.45, 2.75) is 6.92 Å². The van der Waals surface area contributed by atoms with Crippen LogP contribution in [0.15, 0.2) is 18.2 Å². The van der Waals surface area contributed by atoms with E-state index in [0.717, 1.165) is 17.4 Å². The molecule has 0 atom stereocenters. The largest absolute Gasteiger partial charge is 0.465 e. The molecule has 0 saturated heterocycles. The number of esters is 1. The van der Waals surface area contributed by atoms with Crippen molar-refractivity contribution in [1.82, 2.24) is 4.98 Å². The smallest absolute Gasteiger partial charge is 0.350 e. The maximum atomic E-state index is 12.2. The monoisotopic (exact) mass is 355 g/mol. The lowest BCUT2D eigenvalue weighted by molar-refractivity contribution is -0.385. The summed E-state index contributed by atoms with van der Waals surface area (Å²) in [7, 11) is 1.23. The molecule has 1 heterocycles. The molecule has 2 aromatic rings. The van der Waals surface area contributed by atoms with Gasteiger partial charge in [-0.3, -0.25) is 20.2 Å². The highest BCUT2D eigenvalue weighted by molar-refractivity contribution is 7.17. The predicted octanol–water partition coefficient (Wildman–Crippen LogP) is 3.05. The van der Waals surface area contributed by atoms with Gasteiger partial charge in [0, 0.05) is 11.1 Å². The number of aryl methyl sites for hydroxylation is 1. The number of nitrogens with zero attached hydrogens (tertiary/aromatic N) is 2. The third-order valence-corrected chi connectivity index (χ3v) is 4.08. The zero-order valence-electron chi connectivity index (χ0n) is 12.0. The first-order valence-corrected chi connectivity index (χ1v) is 7.34. The van der Waals surface area contributed by atoms with Crippen LogP contribution in [0.3, 0.4) is 0 Å². The van der Waals surface area contributed by atoms with Crippen molar-refractivity contribution in [3.05, 3.63) is 49.5 Å². The molecular formula is C13H10ClN3O5S. The average Bonchev–Trinajstić information content (AvgIpc) is 2.86. The Labute approximate surface area is 139 Å². The fourth-order valence-corrected chi connectivity index (χ4v) is 2.79. The van der Waals surface area contributed by atoms with Crippen molar-refractivity contribution in [2.24, 2.45) is 0 Å². The van der Waals surface area contributed by atoms with Crippen molar-refractivity contribution < 1.29 is 19.2 Å². The van der Waals surface area contributed by atoms with Crippen LogP contribution < -0.4 is 5.32 Å². The molecule has 1 aromatic heterocycles. The second-order valence-corrected chi connectivity index (χ2v) is 5.73. The van der Waals surface area contributed by atoms with Crippen molar-refractivity contribution in [1.29, 1.82) is 0 Å². The van der Waals surface area contributed by atoms with Crippen LogP contribution in [0.4, 0.5) is 10.8 Å². The number of hydrogen-bond acceptors (Lipinski definition) is 7. The Hall–Kier alpha value is -2.52. The molecule has 8 nitrogen and oxygen atoms in total. The van der Waals surface area contributed by atoms with Crippen LogP contribution in [0.2, 0.25) is 5.02 Å². The molecule has 0 aliphatic heterocycles. The first-order valence-electron chi connectivity index (χ1n) is 6.14. The summed E-state index contributed by atoms with van der Waals surface area (Å²) in [5.41, 5.74) is -0.189. The van der Waals surface area contributed by atoms with Crippen LogP contribution in [0.5, 0.6) is 0 Å². The number of nitro benzene ring substituents is 1. The first kappa shape index (κ1) is 16.8. The summed E-state index contributed by atoms with van der Waals surface area (Å²) in [6, 6.07) is 3.71. The van der Waals surface area contributed by atoms with Gasteiger partial charge in [-0.1, -0.05) is 22.9 Å². The van der Waals surface area contributed by atoms with E-state index in [-0.39, 0.29) is 20.6 Å². The zero-order valence-corrected chi connectivity index (χ0v) is 13.5. The zero-order chi connectivity index (χ0) is 17.1. The van der Waals surface area contributed by atoms with Gasteiger partial charge < -0.3 is 4.74 Å². The molecule has 2 rings (SSSR count). The molecule has 0 spiro atoms. The molecule has 0 unspecified atom stereocenters. The lowest BCUT2D eigenvalue weighted by Gasteiger charge is -2.03. The molecule has 10 heteroatoms. The Morgan fingerprint density at radius 2 is 2.13 bits per heavy atom. The number of aromatic nitrogens is 1. The minimum Gasteiger partial charge on any atom is -0.465 e. The van der Waals surface area contributed by atoms with E-state index in [2.05, 4.69) is 15.0 Å². The Balaban J connectivity index is 2.30. The van der Waals surface area contributed by atoms with Crippen LogP contribution in [-0.2, 0) is 4.74 Å². The van der Waals surface area contributed by atoms with Gasteiger partial charge in [-0.05, 0) is 19.1 Å². The topological polar surface area (TPSA) is 111 Å². The summed E-state index contributed by atoms with van der Waals surface area (Å²) < 4.78 is 4.60. The van der Waals surface area contributed by atoms with Crippen LogP contribution in [-0.4, -0.2) is 28.9 Å². The number of carbonyl (C=O) groups is 2. The lowest BCUT2D eigenvalue weighted by atomic mass is 10.1. The van der Waals surface area contributed by atoms with E-state index < -0.39 is 22.5 Å². The second-order valence-electron chi connectivity index (χ2n) is 4.30. The Kier molecular flexibility index (Phi) is 4.92. The van der Waals surface area contributed by atoms with Crippen LogP contribution in [0.1, 0.15) is 25.7 Å². The standard InChI is InChI=1S/C13H10ClN3O5S/c1-6-10(12(19)22-2)23-13(15-6)16-11(18)8-4-3-7(14)5-9(8)17(20)21/h3-5H,1-2H3,(H,15,16,18). The Morgan fingerprint density at radius 1 is 1.43 bits per heavy atom. The summed E-state index contributed by atoms with van der Waals surface area (Å²) in [5, 5.41) is 13.7. The number of ether oxygens (including phenoxy) is 1. The Bertz CT molecular complexity index is 805. The van der Waals surface area contributed by atoms with E-state index in [9.17, 15) is 19.7 Å². The predicted molar refractivity (Wildman–Crippen MR) is 84.3 cm³/mol. The number of rotatable bonds is 4. The molecule has 0 bridgehead atoms. The number of methoxy groups -OCH3 is 1. The van der Waals surface area contributed by atoms with E-state index in [4.69, 9.17) is 11.6 Å². The van der Waals surface area contributed by atoms with Gasteiger partial charge in [-0.2, -0.15) is 0 Å². The average molecular weight is 356 g/mol. The number of benzene rings is 1. The Morgan fingerprint density at radius 3 is 2.74 bits per heavy atom. The molecule has 0 radical (unpaired) electrons. The minimum absolute atomic E-state index is 0.136. The van der Waals surface area contributed by atoms with Crippen LogP contribution in [0, 0.1) is 17.0 Å². The highest BCUT2D eigenvalue weighted by Gasteiger charge is 2.23. The molecule has 23 heavy (non-hydrogen) atoms. The first-order chi connectivity index (χ1) is 10.8. The fourth-order valence-electron chi connectivity index (χ4n) is 1.74. The number of carbonyl (C=O) groups excluding carboxylic acids is 2. The van der Waals surface area contributed by atoms with Crippen molar-refractivity contribution in [2.75, 3.05) is 12.4 Å². The van der Waals surface area contributed by atoms with Gasteiger partial charge in [0.15, 0.2) is 5.13 Å². The number of nitrogens with one attached hydrogen (secondary N) is 1. The van der Waals surface area contributed by atoms with E-state index in [1.807, 2.05) is 0 Å². The molecule has 1 N–H and O–H groups in total. The summed E-state index contributed by atoms with van der Waals surface area (Å²) in [6.45, 7) is 1.59. The molecule has 1 aromatic carbocycles. The van der Waals surface area contributed by atoms with E-state index in [1.54, 1.807) is 6.92 Å². The maximum Gasteiger partial charge on any atom is 0.350 e. The quantitative estimate of drug-likeness (QED) is 0.512. The summed E-state index contributed by atoms with van der Waals surface area (Å²) in [5.74, 6) is -1.29. The van der Waals surface area contributed by atoms with Crippen molar-refractivity contribution in [3.63, 3.8) is 0 Å². The van der Waals surface area contributed by atoms with Crippen molar-refractivity contribution >= 4 is 45.6 Å². The molecule has 0 aliphatic carbocycles. The molecular weight excluding hydrogens is 346 g/mol. The van der Waals surface area contributed by atoms with Crippen molar-refractivity contribution in [3.8, 4) is 0 Å². The van der Waals surface area contributed by atoms with Gasteiger partial charge in [0.2, 0.25) is 0 Å². The molecule has 0 saturated carbocycles. The highest BCUT2D eigenvalue weighted by Crippen LogP contribution is 2.27. The number of amides is 1. The third-order valence-electron chi connectivity index (χ3n) is 2.79. The molecule has 0 fully saturated rings. The summed E-state index contributed by atoms with van der Waals surface area (Å²) in [4.78, 5) is 38.3. The summed E-state index contributed by atoms with van der Waals surface area (Å²) >= 11 is 6.62. The number of hydrogen-bond donors (Lipinski definition) is 1. The van der Waals surface area contributed by atoms with Gasteiger partial charge in [0.05, 0.1) is 17.7 Å². The molecule has 1 amide bonds. The SMILES string of the molecule is COC(=O)c1sc(NC(=O)c2ccc(Cl)cc2[N+](=O)[O-])nc1C. The number of halogens is 1. The molecule has 120 valence electrons. The van der Waals surface area contributed by atoms with Crippen LogP contribution in [0.25, 0.3) is 0 Å². The van der Waals surface area contributed by atoms with Gasteiger partial charge in [0.1, 0.15) is 10.4 Å². The third kappa shape index (κ3) is 3.63. The number of thiazole rings is 1. The second kappa shape index (κ2) is 6.71. The minimum atomic E-state index is -0.724. The van der Waals surface area contributed by atoms with Gasteiger partial charge in [-0.25, -0.2) is 9.78 Å². The highest BCUT2D eigenvalue weighted by atomic mass is 35.5. The molecule has 0 aliphatic rings. The summed E-state index contributed by atoms with van der Waals surface area (Å²) in [6.07, 6.45) is 0. The fraction of sp³-hybridized carbons (Fsp3) is 0.154. The number of nitro groups is 1. The lowest BCUT2D eigenvalue weighted by Crippen LogP contribution is -2.13. The van der Waals surface area contributed by atoms with Crippen LogP contribution >= 0.6 is 22.9 Å². The van der Waals surface area contributed by atoms with Gasteiger partial charge in [0.25, 0.3) is 11.6 Å².